The molecule has 1 aliphatic rings. The molecule has 158 valence electrons. The lowest BCUT2D eigenvalue weighted by molar-refractivity contribution is -0.113. The quantitative estimate of drug-likeness (QED) is 0.397. The van der Waals surface area contributed by atoms with Gasteiger partial charge in [-0.1, -0.05) is 23.7 Å². The zero-order valence-corrected chi connectivity index (χ0v) is 18.6. The second-order valence-corrected chi connectivity index (χ2v) is 8.15. The molecule has 0 aliphatic carbocycles. The molecule has 2 amide bonds. The fraction of sp³-hybridized carbons (Fsp3) is 0.167. The van der Waals surface area contributed by atoms with E-state index in [1.807, 2.05) is 44.2 Å². The molecule has 3 aromatic carbocycles. The standard InChI is InChI=1S/C24H20ClNO4S/c1-3-29-18-11-5-15-6-12-21(30-4-2)20(19(15)13-18)14-22-23(27)26(24(28)31-22)17-9-7-16(25)8-10-17/h5-14H,3-4H2,1-2H3/b22-14-. The first-order valence-electron chi connectivity index (χ1n) is 9.87. The van der Waals surface area contributed by atoms with E-state index in [0.29, 0.717) is 34.6 Å². The van der Waals surface area contributed by atoms with Gasteiger partial charge in [0.05, 0.1) is 23.8 Å². The number of imide groups is 1. The van der Waals surface area contributed by atoms with E-state index in [-0.39, 0.29) is 11.1 Å². The van der Waals surface area contributed by atoms with Gasteiger partial charge >= 0.3 is 0 Å². The Morgan fingerprint density at radius 3 is 2.39 bits per heavy atom. The molecule has 7 heteroatoms. The molecule has 5 nitrogen and oxygen atoms in total. The number of ether oxygens (including phenoxy) is 2. The number of benzene rings is 3. The number of carbonyl (C=O) groups excluding carboxylic acids is 2. The third-order valence-corrected chi connectivity index (χ3v) is 5.88. The molecule has 1 saturated heterocycles. The normalized spacial score (nSPS) is 15.2. The van der Waals surface area contributed by atoms with Gasteiger partial charge in [-0.05, 0) is 84.9 Å². The summed E-state index contributed by atoms with van der Waals surface area (Å²) < 4.78 is 11.5. The number of carbonyl (C=O) groups is 2. The first-order valence-corrected chi connectivity index (χ1v) is 11.1. The highest BCUT2D eigenvalue weighted by molar-refractivity contribution is 8.19. The van der Waals surface area contributed by atoms with Crippen LogP contribution in [0.1, 0.15) is 19.4 Å². The largest absolute Gasteiger partial charge is 0.494 e. The minimum atomic E-state index is -0.377. The van der Waals surface area contributed by atoms with E-state index in [1.54, 1.807) is 30.3 Å². The van der Waals surface area contributed by atoms with Crippen LogP contribution in [0.5, 0.6) is 11.5 Å². The number of rotatable bonds is 6. The van der Waals surface area contributed by atoms with Gasteiger partial charge in [-0.15, -0.1) is 0 Å². The van der Waals surface area contributed by atoms with Crippen LogP contribution in [-0.2, 0) is 4.79 Å². The number of amides is 2. The molecule has 0 aromatic heterocycles. The molecule has 1 fully saturated rings. The van der Waals surface area contributed by atoms with Crippen LogP contribution in [0.4, 0.5) is 10.5 Å². The van der Waals surface area contributed by atoms with Crippen LogP contribution in [0.2, 0.25) is 5.02 Å². The van der Waals surface area contributed by atoms with Gasteiger partial charge < -0.3 is 9.47 Å². The van der Waals surface area contributed by atoms with Gasteiger partial charge in [0, 0.05) is 10.6 Å². The molecule has 31 heavy (non-hydrogen) atoms. The lowest BCUT2D eigenvalue weighted by atomic mass is 10.0. The highest BCUT2D eigenvalue weighted by Gasteiger charge is 2.36. The third kappa shape index (κ3) is 4.27. The Kier molecular flexibility index (Phi) is 6.20. The molecule has 0 radical (unpaired) electrons. The lowest BCUT2D eigenvalue weighted by Gasteiger charge is -2.13. The van der Waals surface area contributed by atoms with Crippen LogP contribution in [-0.4, -0.2) is 24.4 Å². The minimum absolute atomic E-state index is 0.329. The van der Waals surface area contributed by atoms with Crippen LogP contribution in [0, 0.1) is 0 Å². The van der Waals surface area contributed by atoms with E-state index in [2.05, 4.69) is 0 Å². The predicted octanol–water partition coefficient (Wildman–Crippen LogP) is 6.53. The molecule has 0 bridgehead atoms. The molecular formula is C24H20ClNO4S. The number of thioether (sulfide) groups is 1. The maximum Gasteiger partial charge on any atom is 0.298 e. The summed E-state index contributed by atoms with van der Waals surface area (Å²) in [6.07, 6.45) is 1.73. The third-order valence-electron chi connectivity index (χ3n) is 4.76. The van der Waals surface area contributed by atoms with Crippen LogP contribution in [0.15, 0.2) is 59.5 Å². The zero-order valence-electron chi connectivity index (χ0n) is 17.1. The highest BCUT2D eigenvalue weighted by Crippen LogP contribution is 2.39. The molecule has 0 N–H and O–H groups in total. The van der Waals surface area contributed by atoms with Crippen molar-refractivity contribution in [2.75, 3.05) is 18.1 Å². The lowest BCUT2D eigenvalue weighted by Crippen LogP contribution is -2.27. The smallest absolute Gasteiger partial charge is 0.298 e. The van der Waals surface area contributed by atoms with Crippen molar-refractivity contribution in [3.8, 4) is 11.5 Å². The van der Waals surface area contributed by atoms with Crippen molar-refractivity contribution in [1.29, 1.82) is 0 Å². The number of halogens is 1. The Labute approximate surface area is 189 Å². The summed E-state index contributed by atoms with van der Waals surface area (Å²) in [5, 5.41) is 2.05. The van der Waals surface area contributed by atoms with E-state index in [4.69, 9.17) is 21.1 Å². The fourth-order valence-electron chi connectivity index (χ4n) is 3.40. The summed E-state index contributed by atoms with van der Waals surface area (Å²) in [6.45, 7) is 4.85. The van der Waals surface area contributed by atoms with Gasteiger partial charge in [-0.3, -0.25) is 9.59 Å². The van der Waals surface area contributed by atoms with Crippen molar-refractivity contribution < 1.29 is 19.1 Å². The van der Waals surface area contributed by atoms with Crippen LogP contribution in [0.3, 0.4) is 0 Å². The summed E-state index contributed by atoms with van der Waals surface area (Å²) in [5.74, 6) is 0.993. The summed E-state index contributed by atoms with van der Waals surface area (Å²) >= 11 is 6.84. The topological polar surface area (TPSA) is 55.8 Å². The van der Waals surface area contributed by atoms with Crippen LogP contribution < -0.4 is 14.4 Å². The summed E-state index contributed by atoms with van der Waals surface area (Å²) in [6, 6.07) is 16.2. The first kappa shape index (κ1) is 21.3. The van der Waals surface area contributed by atoms with Gasteiger partial charge in [0.1, 0.15) is 11.5 Å². The van der Waals surface area contributed by atoms with Crippen LogP contribution in [0.25, 0.3) is 16.8 Å². The van der Waals surface area contributed by atoms with Gasteiger partial charge in [0.2, 0.25) is 0 Å². The van der Waals surface area contributed by atoms with Crippen molar-refractivity contribution in [1.82, 2.24) is 0 Å². The van der Waals surface area contributed by atoms with E-state index in [0.717, 1.165) is 38.7 Å². The van der Waals surface area contributed by atoms with Gasteiger partial charge in [0.15, 0.2) is 0 Å². The second-order valence-electron chi connectivity index (χ2n) is 6.72. The average molecular weight is 454 g/mol. The molecule has 0 saturated carbocycles. The highest BCUT2D eigenvalue weighted by atomic mass is 35.5. The van der Waals surface area contributed by atoms with E-state index < -0.39 is 0 Å². The monoisotopic (exact) mass is 453 g/mol. The maximum atomic E-state index is 13.1. The molecule has 1 heterocycles. The predicted molar refractivity (Wildman–Crippen MR) is 126 cm³/mol. The fourth-order valence-corrected chi connectivity index (χ4v) is 4.35. The summed E-state index contributed by atoms with van der Waals surface area (Å²) in [4.78, 5) is 27.2. The van der Waals surface area contributed by atoms with Crippen molar-refractivity contribution in [2.45, 2.75) is 13.8 Å². The average Bonchev–Trinajstić information content (AvgIpc) is 3.04. The SMILES string of the molecule is CCOc1ccc2ccc(OCC)c(/C=C3\SC(=O)N(c4ccc(Cl)cc4)C3=O)c2c1. The van der Waals surface area contributed by atoms with Crippen molar-refractivity contribution in [2.24, 2.45) is 0 Å². The molecule has 0 atom stereocenters. The molecule has 0 spiro atoms. The number of hydrogen-bond donors (Lipinski definition) is 0. The summed E-state index contributed by atoms with van der Waals surface area (Å²) in [5.41, 5.74) is 1.22. The van der Waals surface area contributed by atoms with Gasteiger partial charge in [0.25, 0.3) is 11.1 Å². The Bertz CT molecular complexity index is 1180. The zero-order chi connectivity index (χ0) is 22.0. The Balaban J connectivity index is 1.81. The Hall–Kier alpha value is -2.96. The van der Waals surface area contributed by atoms with Crippen LogP contribution >= 0.6 is 23.4 Å². The number of anilines is 1. The number of fused-ring (bicyclic) bond motifs is 1. The van der Waals surface area contributed by atoms with Gasteiger partial charge in [-0.2, -0.15) is 0 Å². The van der Waals surface area contributed by atoms with Gasteiger partial charge in [-0.25, -0.2) is 4.90 Å². The Morgan fingerprint density at radius 2 is 1.68 bits per heavy atom. The summed E-state index contributed by atoms with van der Waals surface area (Å²) in [7, 11) is 0. The number of nitrogens with zero attached hydrogens (tertiary/aromatic N) is 1. The first-order chi connectivity index (χ1) is 15.0. The number of hydrogen-bond acceptors (Lipinski definition) is 5. The van der Waals surface area contributed by atoms with E-state index in [9.17, 15) is 9.59 Å². The second kappa shape index (κ2) is 9.04. The molecule has 0 unspecified atom stereocenters. The Morgan fingerprint density at radius 1 is 0.968 bits per heavy atom. The maximum absolute atomic E-state index is 13.1. The van der Waals surface area contributed by atoms with Crippen molar-refractivity contribution in [3.05, 3.63) is 70.1 Å². The van der Waals surface area contributed by atoms with E-state index >= 15 is 0 Å². The molecule has 3 aromatic rings. The van der Waals surface area contributed by atoms with Crippen molar-refractivity contribution in [3.63, 3.8) is 0 Å². The van der Waals surface area contributed by atoms with E-state index in [1.165, 1.54) is 0 Å². The minimum Gasteiger partial charge on any atom is -0.494 e. The molecular weight excluding hydrogens is 434 g/mol. The van der Waals surface area contributed by atoms with Crippen molar-refractivity contribution >= 4 is 57.0 Å². The molecule has 4 rings (SSSR count). The molecule has 1 aliphatic heterocycles.